The van der Waals surface area contributed by atoms with Gasteiger partial charge in [0.05, 0.1) is 12.8 Å². The lowest BCUT2D eigenvalue weighted by atomic mass is 10.1. The van der Waals surface area contributed by atoms with Crippen LogP contribution >= 0.6 is 0 Å². The number of hydrogen-bond donors (Lipinski definition) is 1. The topological polar surface area (TPSA) is 50.7 Å². The molecule has 2 aromatic rings. The van der Waals surface area contributed by atoms with Gasteiger partial charge in [0.25, 0.3) is 0 Å². The largest absolute Gasteiger partial charge is 0.494 e. The molecule has 0 saturated heterocycles. The zero-order valence-electron chi connectivity index (χ0n) is 13.1. The first kappa shape index (κ1) is 16.0. The molecule has 0 aliphatic rings. The van der Waals surface area contributed by atoms with E-state index in [0.717, 1.165) is 17.8 Å². The molecule has 0 heterocycles. The number of methoxy groups -OCH3 is 1. The SMILES string of the molecule is CCCCCc1cccc(Nc2ccc(N=O)cc2OC)c1. The van der Waals surface area contributed by atoms with Gasteiger partial charge in [-0.05, 0) is 47.8 Å². The fourth-order valence-electron chi connectivity index (χ4n) is 2.38. The number of nitroso groups, excluding NO2 is 1. The van der Waals surface area contributed by atoms with Crippen LogP contribution in [-0.2, 0) is 6.42 Å². The van der Waals surface area contributed by atoms with Crippen molar-refractivity contribution in [2.75, 3.05) is 12.4 Å². The number of unbranched alkanes of at least 4 members (excludes halogenated alkanes) is 2. The van der Waals surface area contributed by atoms with Crippen LogP contribution in [-0.4, -0.2) is 7.11 Å². The standard InChI is InChI=1S/C18H22N2O2/c1-3-4-5-7-14-8-6-9-15(12-14)19-17-11-10-16(20-21)13-18(17)22-2/h6,8-13,19H,3-5,7H2,1-2H3. The highest BCUT2D eigenvalue weighted by atomic mass is 16.5. The van der Waals surface area contributed by atoms with E-state index in [1.807, 2.05) is 6.07 Å². The van der Waals surface area contributed by atoms with Crippen molar-refractivity contribution in [2.24, 2.45) is 5.18 Å². The van der Waals surface area contributed by atoms with Crippen LogP contribution in [0.3, 0.4) is 0 Å². The van der Waals surface area contributed by atoms with Crippen molar-refractivity contribution in [1.82, 2.24) is 0 Å². The third kappa shape index (κ3) is 4.32. The number of nitrogens with one attached hydrogen (secondary N) is 1. The number of rotatable bonds is 8. The van der Waals surface area contributed by atoms with Crippen molar-refractivity contribution in [3.63, 3.8) is 0 Å². The summed E-state index contributed by atoms with van der Waals surface area (Å²) in [7, 11) is 1.58. The average molecular weight is 298 g/mol. The monoisotopic (exact) mass is 298 g/mol. The molecule has 0 spiro atoms. The first-order valence-corrected chi connectivity index (χ1v) is 7.64. The van der Waals surface area contributed by atoms with Gasteiger partial charge in [-0.3, -0.25) is 0 Å². The summed E-state index contributed by atoms with van der Waals surface area (Å²) in [6.07, 6.45) is 4.79. The number of aryl methyl sites for hydroxylation is 1. The maximum Gasteiger partial charge on any atom is 0.144 e. The van der Waals surface area contributed by atoms with Crippen molar-refractivity contribution in [3.05, 3.63) is 52.9 Å². The molecule has 0 aliphatic heterocycles. The lowest BCUT2D eigenvalue weighted by Crippen LogP contribution is -1.95. The molecule has 0 fully saturated rings. The average Bonchev–Trinajstić information content (AvgIpc) is 2.56. The number of hydrogen-bond acceptors (Lipinski definition) is 4. The van der Waals surface area contributed by atoms with E-state index in [4.69, 9.17) is 4.74 Å². The maximum atomic E-state index is 10.6. The van der Waals surface area contributed by atoms with Crippen LogP contribution in [0.4, 0.5) is 17.1 Å². The first-order chi connectivity index (χ1) is 10.8. The lowest BCUT2D eigenvalue weighted by molar-refractivity contribution is 0.417. The molecule has 1 N–H and O–H groups in total. The molecule has 0 saturated carbocycles. The van der Waals surface area contributed by atoms with E-state index < -0.39 is 0 Å². The fourth-order valence-corrected chi connectivity index (χ4v) is 2.38. The van der Waals surface area contributed by atoms with Crippen molar-refractivity contribution in [2.45, 2.75) is 32.6 Å². The molecule has 0 unspecified atom stereocenters. The molecule has 116 valence electrons. The highest BCUT2D eigenvalue weighted by molar-refractivity contribution is 5.69. The summed E-state index contributed by atoms with van der Waals surface area (Å²) in [5, 5.41) is 6.26. The van der Waals surface area contributed by atoms with E-state index in [0.29, 0.717) is 11.4 Å². The van der Waals surface area contributed by atoms with Gasteiger partial charge in [0, 0.05) is 11.8 Å². The van der Waals surface area contributed by atoms with Gasteiger partial charge in [0.1, 0.15) is 11.4 Å². The molecule has 22 heavy (non-hydrogen) atoms. The van der Waals surface area contributed by atoms with Crippen LogP contribution < -0.4 is 10.1 Å². The molecule has 4 nitrogen and oxygen atoms in total. The minimum atomic E-state index is 0.357. The quantitative estimate of drug-likeness (QED) is 0.512. The van der Waals surface area contributed by atoms with E-state index in [1.165, 1.54) is 24.8 Å². The summed E-state index contributed by atoms with van der Waals surface area (Å²) in [5.74, 6) is 0.605. The van der Waals surface area contributed by atoms with E-state index in [2.05, 4.69) is 35.6 Å². The van der Waals surface area contributed by atoms with Crippen LogP contribution in [0.1, 0.15) is 31.7 Å². The lowest BCUT2D eigenvalue weighted by Gasteiger charge is -2.12. The van der Waals surface area contributed by atoms with Crippen LogP contribution in [0.25, 0.3) is 0 Å². The number of ether oxygens (including phenoxy) is 1. The van der Waals surface area contributed by atoms with Crippen molar-refractivity contribution in [1.29, 1.82) is 0 Å². The molecule has 0 atom stereocenters. The summed E-state index contributed by atoms with van der Waals surface area (Å²) in [6.45, 7) is 2.21. The van der Waals surface area contributed by atoms with Crippen LogP contribution in [0.2, 0.25) is 0 Å². The Morgan fingerprint density at radius 3 is 2.73 bits per heavy atom. The minimum absolute atomic E-state index is 0.357. The van der Waals surface area contributed by atoms with E-state index in [9.17, 15) is 4.91 Å². The van der Waals surface area contributed by atoms with Crippen LogP contribution in [0, 0.1) is 4.91 Å². The third-order valence-corrected chi connectivity index (χ3v) is 3.57. The summed E-state index contributed by atoms with van der Waals surface area (Å²) in [5.41, 5.74) is 3.51. The summed E-state index contributed by atoms with van der Waals surface area (Å²) in [6, 6.07) is 13.5. The Labute approximate surface area is 131 Å². The molecule has 0 amide bonds. The number of benzene rings is 2. The van der Waals surface area contributed by atoms with Crippen molar-refractivity contribution in [3.8, 4) is 5.75 Å². The van der Waals surface area contributed by atoms with Gasteiger partial charge in [-0.25, -0.2) is 0 Å². The van der Waals surface area contributed by atoms with Gasteiger partial charge in [0.2, 0.25) is 0 Å². The van der Waals surface area contributed by atoms with Crippen molar-refractivity contribution < 1.29 is 4.74 Å². The second-order valence-corrected chi connectivity index (χ2v) is 5.26. The summed E-state index contributed by atoms with van der Waals surface area (Å²) < 4.78 is 5.31. The highest BCUT2D eigenvalue weighted by Crippen LogP contribution is 2.31. The van der Waals surface area contributed by atoms with Gasteiger partial charge in [-0.1, -0.05) is 31.9 Å². The van der Waals surface area contributed by atoms with E-state index >= 15 is 0 Å². The Morgan fingerprint density at radius 2 is 2.00 bits per heavy atom. The normalized spacial score (nSPS) is 10.3. The Kier molecular flexibility index (Phi) is 5.95. The van der Waals surface area contributed by atoms with E-state index in [-0.39, 0.29) is 0 Å². The second-order valence-electron chi connectivity index (χ2n) is 5.26. The number of anilines is 2. The molecule has 0 aromatic heterocycles. The molecule has 2 rings (SSSR count). The van der Waals surface area contributed by atoms with Gasteiger partial charge in [-0.15, -0.1) is 4.91 Å². The minimum Gasteiger partial charge on any atom is -0.494 e. The van der Waals surface area contributed by atoms with Crippen LogP contribution in [0.5, 0.6) is 5.75 Å². The summed E-state index contributed by atoms with van der Waals surface area (Å²) >= 11 is 0. The Bertz CT molecular complexity index is 626. The van der Waals surface area contributed by atoms with Gasteiger partial charge >= 0.3 is 0 Å². The smallest absolute Gasteiger partial charge is 0.144 e. The highest BCUT2D eigenvalue weighted by Gasteiger charge is 2.06. The zero-order chi connectivity index (χ0) is 15.8. The van der Waals surface area contributed by atoms with Gasteiger partial charge < -0.3 is 10.1 Å². The zero-order valence-corrected chi connectivity index (χ0v) is 13.1. The fraction of sp³-hybridized carbons (Fsp3) is 0.333. The third-order valence-electron chi connectivity index (χ3n) is 3.57. The van der Waals surface area contributed by atoms with E-state index in [1.54, 1.807) is 25.3 Å². The number of nitrogens with zero attached hydrogens (tertiary/aromatic N) is 1. The van der Waals surface area contributed by atoms with Crippen molar-refractivity contribution >= 4 is 17.1 Å². The Balaban J connectivity index is 2.13. The first-order valence-electron chi connectivity index (χ1n) is 7.64. The Morgan fingerprint density at radius 1 is 1.14 bits per heavy atom. The molecule has 0 bridgehead atoms. The Hall–Kier alpha value is -2.36. The predicted molar refractivity (Wildman–Crippen MR) is 91.4 cm³/mol. The maximum absolute atomic E-state index is 10.6. The molecular weight excluding hydrogens is 276 g/mol. The van der Waals surface area contributed by atoms with Gasteiger partial charge in [-0.2, -0.15) is 0 Å². The van der Waals surface area contributed by atoms with Gasteiger partial charge in [0.15, 0.2) is 0 Å². The molecule has 2 aromatic carbocycles. The molecule has 4 heteroatoms. The predicted octanol–water partition coefficient (Wildman–Crippen LogP) is 5.57. The molecule has 0 radical (unpaired) electrons. The molecular formula is C18H22N2O2. The summed E-state index contributed by atoms with van der Waals surface area (Å²) in [4.78, 5) is 10.6. The molecule has 0 aliphatic carbocycles. The second kappa shape index (κ2) is 8.17. The van der Waals surface area contributed by atoms with Crippen LogP contribution in [0.15, 0.2) is 47.6 Å².